The van der Waals surface area contributed by atoms with Crippen LogP contribution in [0.5, 0.6) is 0 Å². The SMILES string of the molecule is c1ccc(C[SiH][Si](c2ccccc2)c2ccccc2)cc1. The number of rotatable bonds is 5. The van der Waals surface area contributed by atoms with Crippen molar-refractivity contribution in [3.8, 4) is 0 Å². The highest BCUT2D eigenvalue weighted by atomic mass is 29.2. The molecule has 0 aliphatic rings. The summed E-state index contributed by atoms with van der Waals surface area (Å²) in [6, 6.07) is 34.3. The smallest absolute Gasteiger partial charge is 0.0631 e. The molecule has 3 aromatic carbocycles. The Morgan fingerprint density at radius 2 is 1.00 bits per heavy atom. The lowest BCUT2D eigenvalue weighted by Crippen LogP contribution is -2.48. The lowest BCUT2D eigenvalue weighted by atomic mass is 10.2. The largest absolute Gasteiger partial charge is 0.106 e. The van der Waals surface area contributed by atoms with E-state index in [1.165, 1.54) is 11.6 Å². The first-order chi connectivity index (χ1) is 10.4. The molecule has 21 heavy (non-hydrogen) atoms. The fourth-order valence-electron chi connectivity index (χ4n) is 2.47. The Kier molecular flexibility index (Phi) is 4.82. The highest BCUT2D eigenvalue weighted by Crippen LogP contribution is 2.00. The van der Waals surface area contributed by atoms with Gasteiger partial charge in [-0.05, 0) is 6.04 Å². The first-order valence-electron chi connectivity index (χ1n) is 7.28. The van der Waals surface area contributed by atoms with E-state index in [9.17, 15) is 0 Å². The Balaban J connectivity index is 1.83. The van der Waals surface area contributed by atoms with E-state index in [4.69, 9.17) is 0 Å². The van der Waals surface area contributed by atoms with Crippen molar-refractivity contribution in [1.29, 1.82) is 0 Å². The number of hydrogen-bond donors (Lipinski definition) is 0. The van der Waals surface area contributed by atoms with E-state index >= 15 is 0 Å². The van der Waals surface area contributed by atoms with Crippen LogP contribution < -0.4 is 10.4 Å². The molecule has 0 aromatic heterocycles. The fourth-order valence-corrected chi connectivity index (χ4v) is 8.98. The Bertz CT molecular complexity index is 611. The predicted molar refractivity (Wildman–Crippen MR) is 95.2 cm³/mol. The second-order valence-corrected chi connectivity index (χ2v) is 10.8. The van der Waals surface area contributed by atoms with Crippen molar-refractivity contribution in [2.75, 3.05) is 0 Å². The Morgan fingerprint density at radius 1 is 0.571 bits per heavy atom. The maximum Gasteiger partial charge on any atom is 0.106 e. The molecular weight excluding hydrogens is 284 g/mol. The molecule has 0 nitrogen and oxygen atoms in total. The van der Waals surface area contributed by atoms with Gasteiger partial charge >= 0.3 is 0 Å². The lowest BCUT2D eigenvalue weighted by molar-refractivity contribution is 1.40. The van der Waals surface area contributed by atoms with Crippen LogP contribution in [0.1, 0.15) is 5.56 Å². The molecule has 102 valence electrons. The molecule has 0 spiro atoms. The standard InChI is InChI=1S/C19H18Si2/c1-4-10-17(11-5-1)16-20-21(18-12-6-2-7-13-18)19-14-8-3-9-15-19/h1-15,20H,16H2. The highest BCUT2D eigenvalue weighted by molar-refractivity contribution is 7.25. The van der Waals surface area contributed by atoms with Gasteiger partial charge in [-0.2, -0.15) is 0 Å². The van der Waals surface area contributed by atoms with Gasteiger partial charge in [0.1, 0.15) is 8.31 Å². The third-order valence-corrected chi connectivity index (χ3v) is 10.4. The van der Waals surface area contributed by atoms with Gasteiger partial charge < -0.3 is 0 Å². The monoisotopic (exact) mass is 302 g/mol. The fraction of sp³-hybridized carbons (Fsp3) is 0.0526. The van der Waals surface area contributed by atoms with E-state index in [0.717, 1.165) is 0 Å². The third-order valence-electron chi connectivity index (χ3n) is 3.55. The van der Waals surface area contributed by atoms with Gasteiger partial charge in [0, 0.05) is 9.04 Å². The summed E-state index contributed by atoms with van der Waals surface area (Å²) in [4.78, 5) is 0. The molecule has 3 aromatic rings. The van der Waals surface area contributed by atoms with E-state index in [0.29, 0.717) is 9.04 Å². The Morgan fingerprint density at radius 3 is 1.48 bits per heavy atom. The van der Waals surface area contributed by atoms with Crippen molar-refractivity contribution in [1.82, 2.24) is 0 Å². The average molecular weight is 303 g/mol. The van der Waals surface area contributed by atoms with Crippen molar-refractivity contribution in [3.63, 3.8) is 0 Å². The maximum absolute atomic E-state index is 2.30. The van der Waals surface area contributed by atoms with Crippen LogP contribution in [0.3, 0.4) is 0 Å². The van der Waals surface area contributed by atoms with Crippen LogP contribution in [0.15, 0.2) is 91.0 Å². The molecule has 0 aliphatic heterocycles. The zero-order chi connectivity index (χ0) is 14.3. The van der Waals surface area contributed by atoms with Crippen molar-refractivity contribution in [2.45, 2.75) is 6.04 Å². The Hall–Kier alpha value is -1.91. The minimum atomic E-state index is -0.614. The molecular formula is C19H18Si2. The molecule has 0 N–H and O–H groups in total. The summed E-state index contributed by atoms with van der Waals surface area (Å²) in [6.07, 6.45) is 0. The van der Waals surface area contributed by atoms with Gasteiger partial charge in [-0.3, -0.25) is 0 Å². The van der Waals surface area contributed by atoms with Crippen LogP contribution >= 0.6 is 0 Å². The van der Waals surface area contributed by atoms with E-state index in [1.54, 1.807) is 10.4 Å². The van der Waals surface area contributed by atoms with E-state index in [-0.39, 0.29) is 0 Å². The van der Waals surface area contributed by atoms with Crippen LogP contribution in [0, 0.1) is 0 Å². The van der Waals surface area contributed by atoms with Crippen LogP contribution in [-0.4, -0.2) is 17.4 Å². The molecule has 3 rings (SSSR count). The minimum absolute atomic E-state index is 0.395. The topological polar surface area (TPSA) is 0 Å². The molecule has 0 aliphatic carbocycles. The lowest BCUT2D eigenvalue weighted by Gasteiger charge is -2.15. The summed E-state index contributed by atoms with van der Waals surface area (Å²) in [6.45, 7) is 0. The summed E-state index contributed by atoms with van der Waals surface area (Å²) in [5.74, 6) is 0. The summed E-state index contributed by atoms with van der Waals surface area (Å²) >= 11 is 0. The van der Waals surface area contributed by atoms with Crippen molar-refractivity contribution in [2.24, 2.45) is 0 Å². The van der Waals surface area contributed by atoms with Gasteiger partial charge in [-0.15, -0.1) is 0 Å². The predicted octanol–water partition coefficient (Wildman–Crippen LogP) is 2.43. The quantitative estimate of drug-likeness (QED) is 0.635. The number of hydrogen-bond acceptors (Lipinski definition) is 0. The van der Waals surface area contributed by atoms with E-state index in [2.05, 4.69) is 91.0 Å². The van der Waals surface area contributed by atoms with Crippen LogP contribution in [-0.2, 0) is 6.04 Å². The summed E-state index contributed by atoms with van der Waals surface area (Å²) in [5.41, 5.74) is 1.47. The number of benzene rings is 3. The van der Waals surface area contributed by atoms with Gasteiger partial charge in [0.15, 0.2) is 0 Å². The molecule has 2 radical (unpaired) electrons. The van der Waals surface area contributed by atoms with Crippen molar-refractivity contribution < 1.29 is 0 Å². The summed E-state index contributed by atoms with van der Waals surface area (Å²) < 4.78 is 0. The van der Waals surface area contributed by atoms with Crippen molar-refractivity contribution in [3.05, 3.63) is 96.6 Å². The second kappa shape index (κ2) is 7.20. The van der Waals surface area contributed by atoms with Crippen LogP contribution in [0.25, 0.3) is 0 Å². The zero-order valence-corrected chi connectivity index (χ0v) is 14.1. The molecule has 0 saturated carbocycles. The first-order valence-corrected chi connectivity index (χ1v) is 11.4. The van der Waals surface area contributed by atoms with E-state index < -0.39 is 8.31 Å². The zero-order valence-electron chi connectivity index (χ0n) is 11.9. The van der Waals surface area contributed by atoms with Gasteiger partial charge in [0.25, 0.3) is 0 Å². The molecule has 2 heteroatoms. The average Bonchev–Trinajstić information content (AvgIpc) is 2.58. The van der Waals surface area contributed by atoms with Gasteiger partial charge in [0.2, 0.25) is 0 Å². The normalized spacial score (nSPS) is 10.7. The third kappa shape index (κ3) is 3.81. The molecule has 0 amide bonds. The molecule has 0 atom stereocenters. The summed E-state index contributed by atoms with van der Waals surface area (Å²) in [5, 5.41) is 3.08. The first kappa shape index (κ1) is 14.0. The van der Waals surface area contributed by atoms with Crippen LogP contribution in [0.2, 0.25) is 0 Å². The van der Waals surface area contributed by atoms with Crippen LogP contribution in [0.4, 0.5) is 0 Å². The highest BCUT2D eigenvalue weighted by Gasteiger charge is 2.16. The van der Waals surface area contributed by atoms with Gasteiger partial charge in [0.05, 0.1) is 0 Å². The molecule has 0 heterocycles. The molecule has 0 saturated heterocycles. The van der Waals surface area contributed by atoms with E-state index in [1.807, 2.05) is 0 Å². The Labute approximate surface area is 130 Å². The molecule has 0 unspecified atom stereocenters. The maximum atomic E-state index is 2.30. The molecule has 0 bridgehead atoms. The molecule has 0 fully saturated rings. The summed E-state index contributed by atoms with van der Waals surface area (Å²) in [7, 11) is -0.219. The second-order valence-electron chi connectivity index (χ2n) is 5.04. The minimum Gasteiger partial charge on any atom is -0.0631 e. The van der Waals surface area contributed by atoms with Gasteiger partial charge in [-0.1, -0.05) is 107 Å². The van der Waals surface area contributed by atoms with Crippen molar-refractivity contribution >= 4 is 27.7 Å². The van der Waals surface area contributed by atoms with Gasteiger partial charge in [-0.25, -0.2) is 0 Å².